The average molecular weight is 285 g/mol. The molecular formula is C14H21ClN2O2. The van der Waals surface area contributed by atoms with Crippen LogP contribution in [-0.4, -0.2) is 31.2 Å². The molecule has 1 aromatic carbocycles. The van der Waals surface area contributed by atoms with Gasteiger partial charge in [0.25, 0.3) is 5.91 Å². The van der Waals surface area contributed by atoms with Crippen LogP contribution in [0.4, 0.5) is 5.69 Å². The van der Waals surface area contributed by atoms with Gasteiger partial charge in [0.15, 0.2) is 0 Å². The van der Waals surface area contributed by atoms with Gasteiger partial charge in [0.05, 0.1) is 17.3 Å². The van der Waals surface area contributed by atoms with E-state index in [2.05, 4.69) is 10.6 Å². The number of carbonyl (C=O) groups excluding carboxylic acids is 1. The van der Waals surface area contributed by atoms with E-state index in [9.17, 15) is 9.90 Å². The first-order valence-electron chi connectivity index (χ1n) is 6.32. The summed E-state index contributed by atoms with van der Waals surface area (Å²) in [6.45, 7) is 4.72. The van der Waals surface area contributed by atoms with Crippen molar-refractivity contribution in [3.05, 3.63) is 28.8 Å². The molecule has 4 nitrogen and oxygen atoms in total. The molecule has 1 unspecified atom stereocenters. The minimum absolute atomic E-state index is 0.100. The van der Waals surface area contributed by atoms with Crippen LogP contribution in [0.3, 0.4) is 0 Å². The number of aliphatic hydroxyl groups excluding tert-OH is 1. The molecule has 0 fully saturated rings. The van der Waals surface area contributed by atoms with Crippen LogP contribution in [0.5, 0.6) is 0 Å². The van der Waals surface area contributed by atoms with E-state index in [1.807, 2.05) is 13.8 Å². The monoisotopic (exact) mass is 284 g/mol. The van der Waals surface area contributed by atoms with Gasteiger partial charge in [-0.3, -0.25) is 4.79 Å². The molecule has 1 aromatic rings. The van der Waals surface area contributed by atoms with Gasteiger partial charge in [-0.2, -0.15) is 0 Å². The summed E-state index contributed by atoms with van der Waals surface area (Å²) in [5, 5.41) is 15.7. The molecule has 0 saturated heterocycles. The Bertz CT molecular complexity index is 445. The number of hydrogen-bond donors (Lipinski definition) is 3. The number of anilines is 1. The Morgan fingerprint density at radius 2 is 2.16 bits per heavy atom. The summed E-state index contributed by atoms with van der Waals surface area (Å²) in [4.78, 5) is 11.6. The summed E-state index contributed by atoms with van der Waals surface area (Å²) in [7, 11) is 1.59. The fourth-order valence-electron chi connectivity index (χ4n) is 1.55. The van der Waals surface area contributed by atoms with Gasteiger partial charge in [-0.05, 0) is 24.6 Å². The van der Waals surface area contributed by atoms with Crippen molar-refractivity contribution >= 4 is 23.2 Å². The first-order valence-corrected chi connectivity index (χ1v) is 6.70. The van der Waals surface area contributed by atoms with E-state index in [1.54, 1.807) is 25.2 Å². The van der Waals surface area contributed by atoms with Crippen molar-refractivity contribution in [2.75, 3.05) is 25.5 Å². The summed E-state index contributed by atoms with van der Waals surface area (Å²) in [5.74, 6) is -0.153. The second-order valence-electron chi connectivity index (χ2n) is 4.95. The van der Waals surface area contributed by atoms with E-state index in [1.165, 1.54) is 0 Å². The Morgan fingerprint density at radius 1 is 1.47 bits per heavy atom. The Balaban J connectivity index is 2.86. The zero-order chi connectivity index (χ0) is 14.5. The highest BCUT2D eigenvalue weighted by molar-refractivity contribution is 6.33. The van der Waals surface area contributed by atoms with Crippen LogP contribution in [0.1, 0.15) is 30.6 Å². The van der Waals surface area contributed by atoms with Gasteiger partial charge >= 0.3 is 0 Å². The van der Waals surface area contributed by atoms with Crippen molar-refractivity contribution < 1.29 is 9.90 Å². The van der Waals surface area contributed by atoms with Crippen LogP contribution in [0.25, 0.3) is 0 Å². The zero-order valence-electron chi connectivity index (χ0n) is 11.6. The maximum atomic E-state index is 11.6. The van der Waals surface area contributed by atoms with Crippen molar-refractivity contribution in [2.45, 2.75) is 20.3 Å². The number of amides is 1. The van der Waals surface area contributed by atoms with E-state index < -0.39 is 0 Å². The molecule has 0 bridgehead atoms. The zero-order valence-corrected chi connectivity index (χ0v) is 12.3. The molecule has 0 heterocycles. The second kappa shape index (κ2) is 6.78. The van der Waals surface area contributed by atoms with Gasteiger partial charge < -0.3 is 15.7 Å². The maximum Gasteiger partial charge on any atom is 0.251 e. The normalized spacial score (nSPS) is 13.7. The van der Waals surface area contributed by atoms with Gasteiger partial charge in [-0.25, -0.2) is 0 Å². The molecule has 0 aromatic heterocycles. The van der Waals surface area contributed by atoms with Crippen molar-refractivity contribution in [1.29, 1.82) is 0 Å². The average Bonchev–Trinajstić information content (AvgIpc) is 2.45. The molecule has 106 valence electrons. The third-order valence-corrected chi connectivity index (χ3v) is 3.73. The third kappa shape index (κ3) is 4.11. The number of rotatable bonds is 6. The van der Waals surface area contributed by atoms with Crippen molar-refractivity contribution in [1.82, 2.24) is 5.32 Å². The lowest BCUT2D eigenvalue weighted by molar-refractivity contribution is 0.0963. The molecule has 0 radical (unpaired) electrons. The lowest BCUT2D eigenvalue weighted by Crippen LogP contribution is -2.29. The van der Waals surface area contributed by atoms with E-state index in [4.69, 9.17) is 11.6 Å². The molecule has 0 saturated carbocycles. The number of hydrogen-bond acceptors (Lipinski definition) is 3. The molecule has 0 spiro atoms. The highest BCUT2D eigenvalue weighted by Gasteiger charge is 2.21. The standard InChI is InChI=1S/C14H21ClN2O2/c1-4-14(2,9-18)8-17-12-7-10(13(19)16-3)5-6-11(12)15/h5-7,17-18H,4,8-9H2,1-3H3,(H,16,19). The van der Waals surface area contributed by atoms with Gasteiger partial charge in [0.1, 0.15) is 0 Å². The van der Waals surface area contributed by atoms with E-state index in [0.29, 0.717) is 22.8 Å². The fourth-order valence-corrected chi connectivity index (χ4v) is 1.73. The van der Waals surface area contributed by atoms with E-state index >= 15 is 0 Å². The molecule has 1 atom stereocenters. The van der Waals surface area contributed by atoms with Crippen LogP contribution in [0, 0.1) is 5.41 Å². The highest BCUT2D eigenvalue weighted by Crippen LogP contribution is 2.26. The fraction of sp³-hybridized carbons (Fsp3) is 0.500. The van der Waals surface area contributed by atoms with Crippen LogP contribution in [-0.2, 0) is 0 Å². The molecule has 1 amide bonds. The quantitative estimate of drug-likeness (QED) is 0.752. The molecule has 19 heavy (non-hydrogen) atoms. The molecule has 0 aliphatic rings. The maximum absolute atomic E-state index is 11.6. The van der Waals surface area contributed by atoms with Crippen molar-refractivity contribution in [3.8, 4) is 0 Å². The predicted molar refractivity (Wildman–Crippen MR) is 78.8 cm³/mol. The van der Waals surface area contributed by atoms with Crippen LogP contribution >= 0.6 is 11.6 Å². The minimum atomic E-state index is -0.202. The highest BCUT2D eigenvalue weighted by atomic mass is 35.5. The largest absolute Gasteiger partial charge is 0.396 e. The molecule has 5 heteroatoms. The summed E-state index contributed by atoms with van der Waals surface area (Å²) in [5.41, 5.74) is 1.05. The smallest absolute Gasteiger partial charge is 0.251 e. The summed E-state index contributed by atoms with van der Waals surface area (Å²) in [6.07, 6.45) is 0.850. The molecular weight excluding hydrogens is 264 g/mol. The Kier molecular flexibility index (Phi) is 5.63. The van der Waals surface area contributed by atoms with Gasteiger partial charge in [-0.15, -0.1) is 0 Å². The lowest BCUT2D eigenvalue weighted by atomic mass is 9.88. The van der Waals surface area contributed by atoms with Crippen molar-refractivity contribution in [3.63, 3.8) is 0 Å². The number of aliphatic hydroxyl groups is 1. The minimum Gasteiger partial charge on any atom is -0.396 e. The molecule has 3 N–H and O–H groups in total. The number of nitrogens with one attached hydrogen (secondary N) is 2. The van der Waals surface area contributed by atoms with Crippen LogP contribution in [0.2, 0.25) is 5.02 Å². The van der Waals surface area contributed by atoms with Gasteiger partial charge in [-0.1, -0.05) is 25.4 Å². The van der Waals surface area contributed by atoms with Gasteiger partial charge in [0.2, 0.25) is 0 Å². The molecule has 0 aliphatic heterocycles. The number of halogens is 1. The Morgan fingerprint density at radius 3 is 2.68 bits per heavy atom. The lowest BCUT2D eigenvalue weighted by Gasteiger charge is -2.26. The Hall–Kier alpha value is -1.26. The summed E-state index contributed by atoms with van der Waals surface area (Å²) < 4.78 is 0. The number of benzene rings is 1. The van der Waals surface area contributed by atoms with Gasteiger partial charge in [0, 0.05) is 24.6 Å². The van der Waals surface area contributed by atoms with E-state index in [-0.39, 0.29) is 17.9 Å². The number of carbonyl (C=O) groups is 1. The van der Waals surface area contributed by atoms with Crippen LogP contribution in [0.15, 0.2) is 18.2 Å². The first-order chi connectivity index (χ1) is 8.95. The Labute approximate surface area is 119 Å². The third-order valence-electron chi connectivity index (χ3n) is 3.40. The molecule has 1 rings (SSSR count). The van der Waals surface area contributed by atoms with E-state index in [0.717, 1.165) is 6.42 Å². The summed E-state index contributed by atoms with van der Waals surface area (Å²) in [6, 6.07) is 5.09. The first kappa shape index (κ1) is 15.8. The topological polar surface area (TPSA) is 61.4 Å². The second-order valence-corrected chi connectivity index (χ2v) is 5.36. The SMILES string of the molecule is CCC(C)(CO)CNc1cc(C(=O)NC)ccc1Cl. The molecule has 0 aliphatic carbocycles. The predicted octanol–water partition coefficient (Wildman–Crippen LogP) is 2.52. The van der Waals surface area contributed by atoms with Crippen molar-refractivity contribution in [2.24, 2.45) is 5.41 Å². The van der Waals surface area contributed by atoms with Crippen LogP contribution < -0.4 is 10.6 Å². The summed E-state index contributed by atoms with van der Waals surface area (Å²) >= 11 is 6.10.